The van der Waals surface area contributed by atoms with E-state index in [4.69, 9.17) is 14.0 Å². The molecule has 1 aromatic rings. The van der Waals surface area contributed by atoms with E-state index < -0.39 is 44.9 Å². The molecule has 4 aliphatic carbocycles. The zero-order valence-corrected chi connectivity index (χ0v) is 18.1. The zero-order valence-electron chi connectivity index (χ0n) is 17.3. The molecule has 32 heavy (non-hydrogen) atoms. The lowest BCUT2D eigenvalue weighted by molar-refractivity contribution is -0.194. The molecule has 0 heterocycles. The van der Waals surface area contributed by atoms with E-state index in [-0.39, 0.29) is 11.8 Å². The van der Waals surface area contributed by atoms with Gasteiger partial charge < -0.3 is 9.47 Å². The predicted molar refractivity (Wildman–Crippen MR) is 109 cm³/mol. The lowest BCUT2D eigenvalue weighted by Gasteiger charge is -2.60. The van der Waals surface area contributed by atoms with Gasteiger partial charge in [-0.1, -0.05) is 24.8 Å². The van der Waals surface area contributed by atoms with E-state index in [1.54, 1.807) is 30.3 Å². The Kier molecular flexibility index (Phi) is 5.44. The summed E-state index contributed by atoms with van der Waals surface area (Å²) in [5.41, 5.74) is -0.211. The zero-order chi connectivity index (χ0) is 23.4. The second-order valence-corrected chi connectivity index (χ2v) is 10.9. The summed E-state index contributed by atoms with van der Waals surface area (Å²) in [7, 11) is -5.93. The summed E-state index contributed by atoms with van der Waals surface area (Å²) < 4.78 is 68.1. The van der Waals surface area contributed by atoms with E-state index >= 15 is 0 Å². The Morgan fingerprint density at radius 3 is 2.28 bits per heavy atom. The quantitative estimate of drug-likeness (QED) is 0.476. The summed E-state index contributed by atoms with van der Waals surface area (Å²) in [6.45, 7) is 3.25. The summed E-state index contributed by atoms with van der Waals surface area (Å²) in [6, 6.07) is 6.79. The highest BCUT2D eigenvalue weighted by Gasteiger charge is 2.61. The molecule has 4 aliphatic rings. The number of hydrogen-bond donors (Lipinski definition) is 1. The van der Waals surface area contributed by atoms with Gasteiger partial charge in [0.2, 0.25) is 0 Å². The number of alkyl halides is 2. The molecule has 7 nitrogen and oxygen atoms in total. The molecule has 0 spiro atoms. The topological polar surface area (TPSA) is 107 Å². The minimum Gasteiger partial charge on any atom is -0.460 e. The Morgan fingerprint density at radius 2 is 1.75 bits per heavy atom. The van der Waals surface area contributed by atoms with Crippen LogP contribution in [0.3, 0.4) is 0 Å². The van der Waals surface area contributed by atoms with Crippen LogP contribution < -0.4 is 0 Å². The second kappa shape index (κ2) is 7.62. The normalized spacial score (nSPS) is 31.2. The van der Waals surface area contributed by atoms with Crippen LogP contribution in [0.5, 0.6) is 0 Å². The fraction of sp³-hybridized carbons (Fsp3) is 0.545. The first-order valence-corrected chi connectivity index (χ1v) is 11.8. The van der Waals surface area contributed by atoms with Crippen LogP contribution in [0.4, 0.5) is 8.78 Å². The SMILES string of the molecule is C=Cc1ccc(C(=O)OC23CC4CC(CC(COC(=O)C(F)(F)S(=O)(=O)O)(C4)C2)C3)cc1. The molecule has 5 rings (SSSR count). The van der Waals surface area contributed by atoms with Crippen molar-refractivity contribution in [3.8, 4) is 0 Å². The van der Waals surface area contributed by atoms with Crippen LogP contribution >= 0.6 is 0 Å². The van der Waals surface area contributed by atoms with Gasteiger partial charge in [0.15, 0.2) is 0 Å². The number of hydrogen-bond acceptors (Lipinski definition) is 6. The number of carbonyl (C=O) groups is 2. The monoisotopic (exact) mass is 470 g/mol. The van der Waals surface area contributed by atoms with Gasteiger partial charge in [0.1, 0.15) is 5.60 Å². The Labute approximate surface area is 184 Å². The van der Waals surface area contributed by atoms with E-state index in [1.807, 2.05) is 0 Å². The first-order chi connectivity index (χ1) is 14.9. The molecule has 10 heteroatoms. The average molecular weight is 470 g/mol. The average Bonchev–Trinajstić information content (AvgIpc) is 2.70. The highest BCUT2D eigenvalue weighted by Crippen LogP contribution is 2.63. The van der Waals surface area contributed by atoms with Crippen LogP contribution in [-0.4, -0.2) is 42.4 Å². The molecule has 1 N–H and O–H groups in total. The lowest BCUT2D eigenvalue weighted by Crippen LogP contribution is -2.59. The fourth-order valence-corrected chi connectivity index (χ4v) is 6.34. The van der Waals surface area contributed by atoms with Crippen LogP contribution in [0.15, 0.2) is 30.8 Å². The van der Waals surface area contributed by atoms with Gasteiger partial charge in [0.25, 0.3) is 0 Å². The second-order valence-electron chi connectivity index (χ2n) is 9.43. The molecule has 174 valence electrons. The van der Waals surface area contributed by atoms with Crippen molar-refractivity contribution >= 4 is 28.1 Å². The Bertz CT molecular complexity index is 1030. The summed E-state index contributed by atoms with van der Waals surface area (Å²) >= 11 is 0. The Balaban J connectivity index is 1.49. The maximum Gasteiger partial charge on any atom is 0.465 e. The third kappa shape index (κ3) is 4.05. The molecule has 0 radical (unpaired) electrons. The van der Waals surface area contributed by atoms with Gasteiger partial charge in [-0.3, -0.25) is 4.55 Å². The van der Waals surface area contributed by atoms with Gasteiger partial charge in [0, 0.05) is 5.41 Å². The largest absolute Gasteiger partial charge is 0.465 e. The van der Waals surface area contributed by atoms with E-state index in [1.165, 1.54) is 0 Å². The molecule has 1 aromatic carbocycles. The fourth-order valence-electron chi connectivity index (χ4n) is 6.07. The smallest absolute Gasteiger partial charge is 0.460 e. The summed E-state index contributed by atoms with van der Waals surface area (Å²) in [5.74, 6) is -2.40. The van der Waals surface area contributed by atoms with Gasteiger partial charge in [-0.25, -0.2) is 9.59 Å². The first-order valence-electron chi connectivity index (χ1n) is 10.3. The molecule has 0 saturated heterocycles. The van der Waals surface area contributed by atoms with Crippen molar-refractivity contribution in [1.82, 2.24) is 0 Å². The molecule has 4 bridgehead atoms. The molecule has 2 atom stereocenters. The maximum absolute atomic E-state index is 13.6. The van der Waals surface area contributed by atoms with Crippen molar-refractivity contribution in [3.63, 3.8) is 0 Å². The summed E-state index contributed by atoms with van der Waals surface area (Å²) in [4.78, 5) is 24.5. The van der Waals surface area contributed by atoms with Crippen molar-refractivity contribution in [2.75, 3.05) is 6.61 Å². The predicted octanol–water partition coefficient (Wildman–Crippen LogP) is 3.85. The number of esters is 2. The summed E-state index contributed by atoms with van der Waals surface area (Å²) in [6.07, 6.45) is 5.44. The Hall–Kier alpha value is -2.33. The van der Waals surface area contributed by atoms with Gasteiger partial charge in [-0.15, -0.1) is 0 Å². The molecule has 2 unspecified atom stereocenters. The lowest BCUT2D eigenvalue weighted by atomic mass is 9.48. The molecule has 0 amide bonds. The van der Waals surface area contributed by atoms with Gasteiger partial charge in [-0.05, 0) is 68.1 Å². The third-order valence-electron chi connectivity index (χ3n) is 6.89. The molecule has 4 fully saturated rings. The minimum atomic E-state index is -5.93. The van der Waals surface area contributed by atoms with E-state index in [9.17, 15) is 26.8 Å². The maximum atomic E-state index is 13.6. The molecule has 0 aromatic heterocycles. The van der Waals surface area contributed by atoms with E-state index in [2.05, 4.69) is 6.58 Å². The van der Waals surface area contributed by atoms with Gasteiger partial charge in [-0.2, -0.15) is 17.2 Å². The van der Waals surface area contributed by atoms with Crippen LogP contribution in [0.2, 0.25) is 0 Å². The van der Waals surface area contributed by atoms with Crippen LogP contribution in [0.1, 0.15) is 54.4 Å². The highest BCUT2D eigenvalue weighted by atomic mass is 32.2. The number of benzene rings is 1. The summed E-state index contributed by atoms with van der Waals surface area (Å²) in [5, 5.41) is -5.03. The minimum absolute atomic E-state index is 0.188. The molecule has 4 saturated carbocycles. The van der Waals surface area contributed by atoms with Crippen molar-refractivity contribution in [2.45, 2.75) is 49.4 Å². The van der Waals surface area contributed by atoms with E-state index in [0.29, 0.717) is 37.7 Å². The third-order valence-corrected chi connectivity index (χ3v) is 7.71. The number of carbonyl (C=O) groups excluding carboxylic acids is 2. The van der Waals surface area contributed by atoms with Crippen molar-refractivity contribution in [2.24, 2.45) is 17.3 Å². The van der Waals surface area contributed by atoms with Crippen LogP contribution in [-0.2, 0) is 24.4 Å². The number of rotatable bonds is 7. The van der Waals surface area contributed by atoms with E-state index in [0.717, 1.165) is 12.0 Å². The molecule has 0 aliphatic heterocycles. The van der Waals surface area contributed by atoms with Crippen LogP contribution in [0.25, 0.3) is 6.08 Å². The first kappa shape index (κ1) is 22.8. The van der Waals surface area contributed by atoms with Gasteiger partial charge >= 0.3 is 27.3 Å². The van der Waals surface area contributed by atoms with Crippen molar-refractivity contribution in [1.29, 1.82) is 0 Å². The van der Waals surface area contributed by atoms with Crippen molar-refractivity contribution in [3.05, 3.63) is 42.0 Å². The number of halogens is 2. The van der Waals surface area contributed by atoms with Gasteiger partial charge in [0.05, 0.1) is 12.2 Å². The highest BCUT2D eigenvalue weighted by molar-refractivity contribution is 7.87. The molecular formula is C22H24F2O7S. The van der Waals surface area contributed by atoms with Crippen molar-refractivity contribution < 1.29 is 40.8 Å². The Morgan fingerprint density at radius 1 is 1.16 bits per heavy atom. The number of ether oxygens (including phenoxy) is 2. The standard InChI is InChI=1S/C22H24F2O7S/c1-2-14-3-5-17(6-4-14)18(25)31-21-10-15-7-16(11-21)9-20(8-15,12-21)13-30-19(26)22(23,24)32(27,28)29/h2-6,15-16H,1,7-13H2,(H,27,28,29). The molecular weight excluding hydrogens is 446 g/mol. The van der Waals surface area contributed by atoms with Crippen LogP contribution in [0, 0.1) is 17.3 Å².